The van der Waals surface area contributed by atoms with Gasteiger partial charge in [0.2, 0.25) is 11.8 Å². The molecule has 18 nitrogen and oxygen atoms in total. The molecule has 444 valence electrons. The quantitative estimate of drug-likeness (QED) is 0.0584. The number of carbonyl (C=O) groups excluding carboxylic acids is 3. The Morgan fingerprint density at radius 1 is 0.928 bits per heavy atom. The SMILES string of the molecule is CCc1cccc2cc(O)cc(-c3ncc4c(N5CC6CCC(C5)N6)nc(OCCN5CCC(CN6CCN(CC(=O)NC(C=O)C(C)(C)C)CC6)CC5)nc4c3F)c12.Cc1ncsc1-c1ccc(C(C)NC(=O)C2CC(O)CN2C)cc1. The van der Waals surface area contributed by atoms with Crippen molar-refractivity contribution in [1.82, 2.24) is 55.5 Å². The fraction of sp³-hybridized carbons (Fsp3) is 0.540. The molecule has 2 amide bonds. The maximum Gasteiger partial charge on any atom is 0.319 e. The minimum absolute atomic E-state index is 0.0241. The number of amides is 2. The minimum Gasteiger partial charge on any atom is -0.508 e. The molecule has 2 bridgehead atoms. The van der Waals surface area contributed by atoms with Crippen LogP contribution in [-0.4, -0.2) is 190 Å². The number of nitrogens with one attached hydrogen (secondary N) is 3. The summed E-state index contributed by atoms with van der Waals surface area (Å²) in [4.78, 5) is 67.6. The molecular weight excluding hydrogens is 1070 g/mol. The fourth-order valence-corrected chi connectivity index (χ4v) is 13.5. The van der Waals surface area contributed by atoms with Crippen LogP contribution in [0.4, 0.5) is 10.2 Å². The Hall–Kier alpha value is -6.26. The van der Waals surface area contributed by atoms with Crippen molar-refractivity contribution in [3.63, 3.8) is 0 Å². The topological polar surface area (TPSA) is 205 Å². The predicted octanol–water partition coefficient (Wildman–Crippen LogP) is 6.99. The van der Waals surface area contributed by atoms with Gasteiger partial charge in [-0.3, -0.25) is 29.3 Å². The number of pyridine rings is 1. The first kappa shape index (κ1) is 59.9. The van der Waals surface area contributed by atoms with Gasteiger partial charge in [-0.1, -0.05) is 70.2 Å². The first-order valence-electron chi connectivity index (χ1n) is 29.8. The Kier molecular flexibility index (Phi) is 19.0. The summed E-state index contributed by atoms with van der Waals surface area (Å²) in [6.07, 6.45) is 7.77. The molecule has 20 heteroatoms. The molecule has 8 heterocycles. The Bertz CT molecular complexity index is 3220. The highest BCUT2D eigenvalue weighted by Gasteiger charge is 2.36. The standard InChI is InChI=1S/C45H60FN9O4.C18H23N3O2S/c1-5-30-7-6-8-31-21-34(57)22-35(39(30)31)41-40(46)42-36(23-47-41)43(55-25-32-9-10-33(26-55)48-32)51-44(50-42)59-20-19-52-13-11-29(12-14-52)24-53-15-17-54(18-16-53)27-38(58)49-37(28-56)45(2,3)4;1-11(20-18(23)16-8-15(22)9-21(16)3)13-4-6-14(7-5-13)17-12(2)19-10-24-17/h6-8,21-23,28-29,32-33,37,48,57H,5,9-20,24-27H2,1-4H3,(H,49,58);4-7,10-11,15-16,22H,8-9H2,1-3H3,(H,20,23). The number of fused-ring (bicyclic) bond motifs is 4. The Morgan fingerprint density at radius 2 is 1.65 bits per heavy atom. The molecule has 0 saturated carbocycles. The van der Waals surface area contributed by atoms with E-state index in [-0.39, 0.29) is 52.3 Å². The number of phenolic OH excluding ortho intramolecular Hbond substituents is 1. The van der Waals surface area contributed by atoms with Crippen LogP contribution in [0.15, 0.2) is 66.3 Å². The number of piperazine rings is 2. The summed E-state index contributed by atoms with van der Waals surface area (Å²) in [5.41, 5.74) is 6.70. The Balaban J connectivity index is 0.000000267. The van der Waals surface area contributed by atoms with Crippen LogP contribution in [0.2, 0.25) is 0 Å². The number of β-amino-alcohol motifs (C(OH)–C–C–N with tert-alkyl or cyclic N) is 1. The number of hydrogen-bond acceptors (Lipinski definition) is 17. The van der Waals surface area contributed by atoms with Crippen LogP contribution >= 0.6 is 11.3 Å². The number of nitrogens with zero attached hydrogens (tertiary/aromatic N) is 9. The molecule has 5 aliphatic rings. The van der Waals surface area contributed by atoms with E-state index in [1.807, 2.05) is 82.4 Å². The molecule has 6 atom stereocenters. The van der Waals surface area contributed by atoms with Crippen LogP contribution in [0.25, 0.3) is 43.4 Å². The van der Waals surface area contributed by atoms with Crippen molar-refractivity contribution in [1.29, 1.82) is 0 Å². The van der Waals surface area contributed by atoms with E-state index in [4.69, 9.17) is 19.7 Å². The highest BCUT2D eigenvalue weighted by molar-refractivity contribution is 7.13. The van der Waals surface area contributed by atoms with E-state index < -0.39 is 18.0 Å². The second-order valence-electron chi connectivity index (χ2n) is 24.6. The number of aromatic hydroxyl groups is 1. The molecule has 0 radical (unpaired) electrons. The molecule has 83 heavy (non-hydrogen) atoms. The molecule has 3 aromatic heterocycles. The number of ether oxygens (including phenoxy) is 1. The zero-order valence-corrected chi connectivity index (χ0v) is 50.1. The molecule has 0 aliphatic carbocycles. The van der Waals surface area contributed by atoms with E-state index in [1.165, 1.54) is 4.88 Å². The zero-order valence-electron chi connectivity index (χ0n) is 49.2. The number of aldehydes is 1. The number of halogens is 1. The van der Waals surface area contributed by atoms with E-state index in [9.17, 15) is 24.6 Å². The highest BCUT2D eigenvalue weighted by Crippen LogP contribution is 2.39. The van der Waals surface area contributed by atoms with Crippen molar-refractivity contribution in [3.8, 4) is 33.5 Å². The molecule has 3 aromatic carbocycles. The number of thiazole rings is 1. The number of rotatable bonds is 17. The zero-order chi connectivity index (χ0) is 58.5. The van der Waals surface area contributed by atoms with Gasteiger partial charge in [-0.15, -0.1) is 11.3 Å². The molecule has 6 aromatic rings. The summed E-state index contributed by atoms with van der Waals surface area (Å²) in [6, 6.07) is 17.5. The summed E-state index contributed by atoms with van der Waals surface area (Å²) in [5.74, 6) is 0.648. The van der Waals surface area contributed by atoms with E-state index in [2.05, 4.69) is 59.6 Å². The Morgan fingerprint density at radius 3 is 2.30 bits per heavy atom. The van der Waals surface area contributed by atoms with Crippen LogP contribution in [0.5, 0.6) is 11.8 Å². The van der Waals surface area contributed by atoms with Crippen molar-refractivity contribution in [3.05, 3.63) is 88.9 Å². The van der Waals surface area contributed by atoms with E-state index in [1.54, 1.807) is 29.7 Å². The highest BCUT2D eigenvalue weighted by atomic mass is 32.1. The summed E-state index contributed by atoms with van der Waals surface area (Å²) in [7, 11) is 1.87. The monoisotopic (exact) mass is 1150 g/mol. The van der Waals surface area contributed by atoms with Gasteiger partial charge in [0, 0.05) is 82.7 Å². The average Bonchev–Trinajstić information content (AvgIpc) is 3.23. The van der Waals surface area contributed by atoms with Crippen LogP contribution in [-0.2, 0) is 20.8 Å². The molecule has 6 unspecified atom stereocenters. The summed E-state index contributed by atoms with van der Waals surface area (Å²) in [6.45, 7) is 22.0. The molecule has 11 rings (SSSR count). The number of piperidine rings is 1. The molecular formula is C63H83FN12O6S. The van der Waals surface area contributed by atoms with E-state index >= 15 is 4.39 Å². The predicted molar refractivity (Wildman–Crippen MR) is 324 cm³/mol. The van der Waals surface area contributed by atoms with Gasteiger partial charge >= 0.3 is 6.01 Å². The number of carbonyl (C=O) groups is 3. The molecule has 0 spiro atoms. The number of aryl methyl sites for hydroxylation is 2. The van der Waals surface area contributed by atoms with Gasteiger partial charge < -0.3 is 45.5 Å². The third-order valence-corrected chi connectivity index (χ3v) is 18.5. The lowest BCUT2D eigenvalue weighted by atomic mass is 9.87. The van der Waals surface area contributed by atoms with Gasteiger partial charge in [0.05, 0.1) is 52.2 Å². The van der Waals surface area contributed by atoms with Crippen molar-refractivity contribution in [2.75, 3.05) is 97.1 Å². The third kappa shape index (κ3) is 14.3. The van der Waals surface area contributed by atoms with Crippen molar-refractivity contribution in [2.45, 2.75) is 116 Å². The largest absolute Gasteiger partial charge is 0.508 e. The number of hydrogen-bond donors (Lipinski definition) is 5. The van der Waals surface area contributed by atoms with Crippen LogP contribution in [0.1, 0.15) is 89.6 Å². The van der Waals surface area contributed by atoms with Crippen LogP contribution in [0.3, 0.4) is 0 Å². The Labute approximate surface area is 491 Å². The minimum atomic E-state index is -0.551. The summed E-state index contributed by atoms with van der Waals surface area (Å²) in [5, 5.41) is 32.3. The van der Waals surface area contributed by atoms with Gasteiger partial charge in [0.25, 0.3) is 0 Å². The maximum absolute atomic E-state index is 17.0. The number of aromatic nitrogens is 4. The lowest BCUT2D eigenvalue weighted by Gasteiger charge is -2.38. The van der Waals surface area contributed by atoms with Crippen LogP contribution in [0, 0.1) is 24.1 Å². The van der Waals surface area contributed by atoms with Crippen molar-refractivity contribution >= 4 is 56.9 Å². The normalized spacial score (nSPS) is 21.9. The number of likely N-dealkylation sites (tertiary alicyclic amines) is 2. The molecule has 5 saturated heterocycles. The number of aliphatic hydroxyl groups is 1. The second-order valence-corrected chi connectivity index (χ2v) is 25.5. The van der Waals surface area contributed by atoms with Gasteiger partial charge in [-0.05, 0) is 123 Å². The molecule has 5 fully saturated rings. The molecule has 5 N–H and O–H groups in total. The fourth-order valence-electron chi connectivity index (χ4n) is 12.7. The van der Waals surface area contributed by atoms with E-state index in [0.717, 1.165) is 137 Å². The lowest BCUT2D eigenvalue weighted by molar-refractivity contribution is -0.127. The van der Waals surface area contributed by atoms with Crippen molar-refractivity contribution < 1.29 is 33.7 Å². The lowest BCUT2D eigenvalue weighted by Crippen LogP contribution is -2.53. The number of likely N-dealkylation sites (N-methyl/N-ethyl adjacent to an activating group) is 1. The second kappa shape index (κ2) is 26.3. The van der Waals surface area contributed by atoms with Gasteiger partial charge in [-0.25, -0.2) is 9.37 Å². The van der Waals surface area contributed by atoms with Gasteiger partial charge in [0.1, 0.15) is 35.7 Å². The van der Waals surface area contributed by atoms with Gasteiger partial charge in [-0.2, -0.15) is 9.97 Å². The van der Waals surface area contributed by atoms with Gasteiger partial charge in [0.15, 0.2) is 5.82 Å². The number of phenols is 1. The third-order valence-electron chi connectivity index (χ3n) is 17.5. The maximum atomic E-state index is 17.0. The summed E-state index contributed by atoms with van der Waals surface area (Å²) < 4.78 is 23.2. The first-order valence-corrected chi connectivity index (χ1v) is 30.6. The number of anilines is 1. The smallest absolute Gasteiger partial charge is 0.319 e. The van der Waals surface area contributed by atoms with Crippen molar-refractivity contribution in [2.24, 2.45) is 11.3 Å². The van der Waals surface area contributed by atoms with Crippen LogP contribution < -0.4 is 25.6 Å². The molecule has 5 aliphatic heterocycles. The number of benzene rings is 3. The number of aliphatic hydroxyl groups excluding tert-OH is 1. The first-order chi connectivity index (χ1) is 39.9. The average molecular weight is 1160 g/mol. The summed E-state index contributed by atoms with van der Waals surface area (Å²) >= 11 is 1.63. The van der Waals surface area contributed by atoms with E-state index in [0.29, 0.717) is 60.9 Å².